The Balaban J connectivity index is 2.39. The van der Waals surface area contributed by atoms with Crippen LogP contribution in [0.4, 0.5) is 0 Å². The summed E-state index contributed by atoms with van der Waals surface area (Å²) in [6, 6.07) is 0.967. The smallest absolute Gasteiger partial charge is 0.230 e. The van der Waals surface area contributed by atoms with Crippen LogP contribution in [-0.4, -0.2) is 47.5 Å². The van der Waals surface area contributed by atoms with Gasteiger partial charge in [0, 0.05) is 18.6 Å². The minimum atomic E-state index is -0.548. The Morgan fingerprint density at radius 3 is 2.67 bits per heavy atom. The fourth-order valence-electron chi connectivity index (χ4n) is 1.96. The predicted molar refractivity (Wildman–Crippen MR) is 70.4 cm³/mol. The normalized spacial score (nSPS) is 19.7. The lowest BCUT2D eigenvalue weighted by Gasteiger charge is -2.25. The first kappa shape index (κ1) is 14.8. The zero-order valence-corrected chi connectivity index (χ0v) is 11.4. The molecule has 104 valence electrons. The van der Waals surface area contributed by atoms with Crippen LogP contribution >= 0.6 is 0 Å². The van der Waals surface area contributed by atoms with E-state index in [0.29, 0.717) is 25.0 Å². The van der Waals surface area contributed by atoms with Gasteiger partial charge in [0.25, 0.3) is 0 Å². The molecule has 18 heavy (non-hydrogen) atoms. The van der Waals surface area contributed by atoms with E-state index >= 15 is 0 Å². The average Bonchev–Trinajstić information content (AvgIpc) is 3.19. The van der Waals surface area contributed by atoms with Crippen molar-refractivity contribution in [3.8, 4) is 0 Å². The molecule has 0 saturated heterocycles. The second-order valence-corrected chi connectivity index (χ2v) is 4.98. The molecule has 6 nitrogen and oxygen atoms in total. The maximum Gasteiger partial charge on any atom is 0.230 e. The van der Waals surface area contributed by atoms with Gasteiger partial charge in [-0.1, -0.05) is 12.1 Å². The highest BCUT2D eigenvalue weighted by molar-refractivity contribution is 6.01. The summed E-state index contributed by atoms with van der Waals surface area (Å²) in [5, 5.41) is 14.4. The van der Waals surface area contributed by atoms with E-state index in [0.717, 1.165) is 0 Å². The molecule has 6 heteroatoms. The Hall–Kier alpha value is -1.30. The number of rotatable bonds is 7. The number of hydrogen-bond acceptors (Lipinski definition) is 4. The second kappa shape index (κ2) is 6.58. The average molecular weight is 256 g/mol. The summed E-state index contributed by atoms with van der Waals surface area (Å²) in [7, 11) is 2.08. The van der Waals surface area contributed by atoms with Gasteiger partial charge in [-0.05, 0) is 33.2 Å². The van der Waals surface area contributed by atoms with Gasteiger partial charge >= 0.3 is 0 Å². The molecule has 0 spiro atoms. The highest BCUT2D eigenvalue weighted by atomic mass is 16.4. The third kappa shape index (κ3) is 3.87. The maximum atomic E-state index is 11.9. The van der Waals surface area contributed by atoms with Gasteiger partial charge in [-0.3, -0.25) is 9.69 Å². The van der Waals surface area contributed by atoms with E-state index in [1.165, 1.54) is 12.8 Å². The summed E-state index contributed by atoms with van der Waals surface area (Å²) < 4.78 is 0. The fourth-order valence-corrected chi connectivity index (χ4v) is 1.96. The van der Waals surface area contributed by atoms with Crippen LogP contribution in [0.3, 0.4) is 0 Å². The molecule has 1 saturated carbocycles. The number of oxime groups is 1. The topological polar surface area (TPSA) is 91.0 Å². The third-order valence-corrected chi connectivity index (χ3v) is 3.59. The first-order valence-electron chi connectivity index (χ1n) is 6.48. The summed E-state index contributed by atoms with van der Waals surface area (Å²) in [5.41, 5.74) is 5.48. The number of nitrogens with two attached hydrogens (primary N) is 1. The molecule has 4 N–H and O–H groups in total. The zero-order valence-electron chi connectivity index (χ0n) is 11.4. The first-order chi connectivity index (χ1) is 8.51. The van der Waals surface area contributed by atoms with Crippen molar-refractivity contribution in [2.75, 3.05) is 13.6 Å². The predicted octanol–water partition coefficient (Wildman–Crippen LogP) is 0.358. The Morgan fingerprint density at radius 2 is 2.22 bits per heavy atom. The lowest BCUT2D eigenvalue weighted by atomic mass is 10.0. The Labute approximate surface area is 108 Å². The molecule has 2 unspecified atom stereocenters. The van der Waals surface area contributed by atoms with Gasteiger partial charge < -0.3 is 16.3 Å². The number of carbonyl (C=O) groups excluding carboxylic acids is 1. The minimum absolute atomic E-state index is 0.0294. The molecule has 1 aliphatic rings. The lowest BCUT2D eigenvalue weighted by molar-refractivity contribution is -0.123. The van der Waals surface area contributed by atoms with Crippen molar-refractivity contribution in [1.82, 2.24) is 10.2 Å². The number of amidine groups is 1. The van der Waals surface area contributed by atoms with Crippen molar-refractivity contribution in [3.63, 3.8) is 0 Å². The molecule has 0 bridgehead atoms. The second-order valence-electron chi connectivity index (χ2n) is 4.98. The molecule has 0 aliphatic heterocycles. The van der Waals surface area contributed by atoms with Crippen LogP contribution in [0.25, 0.3) is 0 Å². The number of hydrogen-bond donors (Lipinski definition) is 3. The number of amides is 1. The molecule has 0 aromatic carbocycles. The van der Waals surface area contributed by atoms with E-state index in [1.54, 1.807) is 0 Å². The molecule has 0 heterocycles. The van der Waals surface area contributed by atoms with Gasteiger partial charge in [-0.15, -0.1) is 0 Å². The van der Waals surface area contributed by atoms with Gasteiger partial charge in [0.05, 0.1) is 5.92 Å². The van der Waals surface area contributed by atoms with Crippen molar-refractivity contribution in [2.24, 2.45) is 16.8 Å². The molecule has 0 aromatic rings. The molecular formula is C12H24N4O2. The number of nitrogens with zero attached hydrogens (tertiary/aromatic N) is 2. The molecule has 0 aromatic heterocycles. The fraction of sp³-hybridized carbons (Fsp3) is 0.833. The number of carbonyl (C=O) groups is 1. The van der Waals surface area contributed by atoms with Crippen molar-refractivity contribution in [3.05, 3.63) is 0 Å². The van der Waals surface area contributed by atoms with Gasteiger partial charge in [0.15, 0.2) is 5.84 Å². The highest BCUT2D eigenvalue weighted by Gasteiger charge is 2.29. The van der Waals surface area contributed by atoms with Crippen LogP contribution in [-0.2, 0) is 4.79 Å². The van der Waals surface area contributed by atoms with Crippen LogP contribution in [0.5, 0.6) is 0 Å². The largest absolute Gasteiger partial charge is 0.409 e. The lowest BCUT2D eigenvalue weighted by Crippen LogP contribution is -2.45. The molecule has 1 rings (SSSR count). The maximum absolute atomic E-state index is 11.9. The Bertz CT molecular complexity index is 315. The van der Waals surface area contributed by atoms with Crippen LogP contribution in [0.1, 0.15) is 33.1 Å². The van der Waals surface area contributed by atoms with Crippen LogP contribution < -0.4 is 11.1 Å². The molecular weight excluding hydrogens is 232 g/mol. The number of likely N-dealkylation sites (N-methyl/N-ethyl adjacent to an activating group) is 1. The van der Waals surface area contributed by atoms with Crippen molar-refractivity contribution < 1.29 is 10.0 Å². The molecule has 1 amide bonds. The summed E-state index contributed by atoms with van der Waals surface area (Å²) in [6.45, 7) is 4.51. The quantitative estimate of drug-likeness (QED) is 0.265. The van der Waals surface area contributed by atoms with Crippen molar-refractivity contribution in [1.29, 1.82) is 0 Å². The summed E-state index contributed by atoms with van der Waals surface area (Å²) >= 11 is 0. The minimum Gasteiger partial charge on any atom is -0.409 e. The standard InChI is InChI=1S/C12H24N4O2/c1-4-10(11(13)15-18)12(17)14-7-8(2)16(3)9-5-6-9/h8-10,18H,4-7H2,1-3H3,(H2,13,15)(H,14,17). The SMILES string of the molecule is CCC(C(=O)NCC(C)N(C)C1CC1)C(N)=NO. The van der Waals surface area contributed by atoms with E-state index < -0.39 is 5.92 Å². The van der Waals surface area contributed by atoms with E-state index in [4.69, 9.17) is 10.9 Å². The van der Waals surface area contributed by atoms with Crippen LogP contribution in [0, 0.1) is 5.92 Å². The zero-order chi connectivity index (χ0) is 13.7. The summed E-state index contributed by atoms with van der Waals surface area (Å²) in [6.07, 6.45) is 3.02. The Morgan fingerprint density at radius 1 is 1.61 bits per heavy atom. The van der Waals surface area contributed by atoms with Gasteiger partial charge in [0.1, 0.15) is 0 Å². The van der Waals surface area contributed by atoms with Crippen molar-refractivity contribution >= 4 is 11.7 Å². The van der Waals surface area contributed by atoms with Crippen LogP contribution in [0.2, 0.25) is 0 Å². The van der Waals surface area contributed by atoms with Gasteiger partial charge in [-0.25, -0.2) is 0 Å². The highest BCUT2D eigenvalue weighted by Crippen LogP contribution is 2.26. The number of nitrogens with one attached hydrogen (secondary N) is 1. The van der Waals surface area contributed by atoms with E-state index in [2.05, 4.69) is 29.3 Å². The summed E-state index contributed by atoms with van der Waals surface area (Å²) in [4.78, 5) is 14.2. The Kier molecular flexibility index (Phi) is 5.40. The third-order valence-electron chi connectivity index (χ3n) is 3.59. The van der Waals surface area contributed by atoms with Gasteiger partial charge in [0.2, 0.25) is 5.91 Å². The molecule has 1 fully saturated rings. The van der Waals surface area contributed by atoms with Crippen molar-refractivity contribution in [2.45, 2.75) is 45.2 Å². The first-order valence-corrected chi connectivity index (χ1v) is 6.48. The molecule has 0 radical (unpaired) electrons. The monoisotopic (exact) mass is 256 g/mol. The van der Waals surface area contributed by atoms with Crippen LogP contribution in [0.15, 0.2) is 5.16 Å². The van der Waals surface area contributed by atoms with E-state index in [-0.39, 0.29) is 11.7 Å². The molecule has 1 aliphatic carbocycles. The van der Waals surface area contributed by atoms with Gasteiger partial charge in [-0.2, -0.15) is 0 Å². The molecule has 2 atom stereocenters. The van der Waals surface area contributed by atoms with E-state index in [9.17, 15) is 4.79 Å². The van der Waals surface area contributed by atoms with E-state index in [1.807, 2.05) is 6.92 Å². The summed E-state index contributed by atoms with van der Waals surface area (Å²) in [5.74, 6) is -0.754.